The van der Waals surface area contributed by atoms with Gasteiger partial charge in [-0.1, -0.05) is 41.7 Å². The van der Waals surface area contributed by atoms with Gasteiger partial charge < -0.3 is 15.6 Å². The standard InChI is InChI=1S/C16H21ClN4O2.ClH/c17-13-7-5-6-12(10-13)16-20-15(23-21-16)11-19-14(22)8-3-1-2-4-9-18;/h5-7,10H,1-4,8-9,11,18H2,(H,19,22);1H. The molecule has 0 saturated carbocycles. The minimum absolute atomic E-state index is 0. The van der Waals surface area contributed by atoms with Gasteiger partial charge in [0.25, 0.3) is 0 Å². The van der Waals surface area contributed by atoms with E-state index in [-0.39, 0.29) is 24.9 Å². The van der Waals surface area contributed by atoms with E-state index >= 15 is 0 Å². The SMILES string of the molecule is Cl.NCCCCCCC(=O)NCc1nc(-c2cccc(Cl)c2)no1. The van der Waals surface area contributed by atoms with Crippen LogP contribution >= 0.6 is 24.0 Å². The Morgan fingerprint density at radius 2 is 2.04 bits per heavy atom. The number of halogens is 2. The Labute approximate surface area is 152 Å². The van der Waals surface area contributed by atoms with E-state index in [4.69, 9.17) is 21.9 Å². The first kappa shape index (κ1) is 20.4. The zero-order chi connectivity index (χ0) is 16.5. The van der Waals surface area contributed by atoms with Gasteiger partial charge in [-0.15, -0.1) is 12.4 Å². The molecule has 0 spiro atoms. The lowest BCUT2D eigenvalue weighted by Gasteiger charge is -2.02. The molecule has 0 atom stereocenters. The van der Waals surface area contributed by atoms with Crippen molar-refractivity contribution in [1.82, 2.24) is 15.5 Å². The molecule has 1 aromatic heterocycles. The van der Waals surface area contributed by atoms with Crippen LogP contribution in [0, 0.1) is 0 Å². The van der Waals surface area contributed by atoms with E-state index in [9.17, 15) is 4.79 Å². The smallest absolute Gasteiger partial charge is 0.246 e. The van der Waals surface area contributed by atoms with Crippen LogP contribution in [0.15, 0.2) is 28.8 Å². The second-order valence-electron chi connectivity index (χ2n) is 5.25. The number of unbranched alkanes of at least 4 members (excludes halogenated alkanes) is 3. The molecule has 1 amide bonds. The van der Waals surface area contributed by atoms with Crippen LogP contribution in [0.2, 0.25) is 5.02 Å². The number of nitrogens with zero attached hydrogens (tertiary/aromatic N) is 2. The lowest BCUT2D eigenvalue weighted by molar-refractivity contribution is -0.121. The van der Waals surface area contributed by atoms with Gasteiger partial charge in [0.2, 0.25) is 17.6 Å². The minimum Gasteiger partial charge on any atom is -0.347 e. The van der Waals surface area contributed by atoms with E-state index in [1.54, 1.807) is 12.1 Å². The summed E-state index contributed by atoms with van der Waals surface area (Å²) in [5.41, 5.74) is 6.20. The Morgan fingerprint density at radius 1 is 1.25 bits per heavy atom. The fourth-order valence-corrected chi connectivity index (χ4v) is 2.31. The predicted molar refractivity (Wildman–Crippen MR) is 96.0 cm³/mol. The predicted octanol–water partition coefficient (Wildman–Crippen LogP) is 3.34. The zero-order valence-electron chi connectivity index (χ0n) is 13.3. The maximum atomic E-state index is 11.7. The lowest BCUT2D eigenvalue weighted by atomic mass is 10.1. The van der Waals surface area contributed by atoms with E-state index in [0.29, 0.717) is 29.7 Å². The van der Waals surface area contributed by atoms with Crippen molar-refractivity contribution < 1.29 is 9.32 Å². The van der Waals surface area contributed by atoms with Crippen LogP contribution in [0.3, 0.4) is 0 Å². The summed E-state index contributed by atoms with van der Waals surface area (Å²) in [4.78, 5) is 16.0. The largest absolute Gasteiger partial charge is 0.347 e. The quantitative estimate of drug-likeness (QED) is 0.658. The highest BCUT2D eigenvalue weighted by Crippen LogP contribution is 2.19. The van der Waals surface area contributed by atoms with Gasteiger partial charge in [0.1, 0.15) is 0 Å². The number of hydrogen-bond acceptors (Lipinski definition) is 5. The van der Waals surface area contributed by atoms with Crippen LogP contribution in [0.4, 0.5) is 0 Å². The first-order valence-corrected chi connectivity index (χ1v) is 8.12. The first-order chi connectivity index (χ1) is 11.2. The fourth-order valence-electron chi connectivity index (χ4n) is 2.12. The van der Waals surface area contributed by atoms with Crippen molar-refractivity contribution in [3.63, 3.8) is 0 Å². The molecule has 1 heterocycles. The highest BCUT2D eigenvalue weighted by atomic mass is 35.5. The van der Waals surface area contributed by atoms with E-state index in [1.807, 2.05) is 12.1 Å². The summed E-state index contributed by atoms with van der Waals surface area (Å²) in [5.74, 6) is 0.815. The molecule has 0 radical (unpaired) electrons. The normalized spacial score (nSPS) is 10.2. The monoisotopic (exact) mass is 372 g/mol. The van der Waals surface area contributed by atoms with Crippen molar-refractivity contribution in [2.45, 2.75) is 38.6 Å². The zero-order valence-corrected chi connectivity index (χ0v) is 14.9. The molecule has 2 rings (SSSR count). The topological polar surface area (TPSA) is 94.0 Å². The number of nitrogens with two attached hydrogens (primary N) is 1. The van der Waals surface area contributed by atoms with Crippen molar-refractivity contribution in [3.05, 3.63) is 35.2 Å². The first-order valence-electron chi connectivity index (χ1n) is 7.74. The highest BCUT2D eigenvalue weighted by molar-refractivity contribution is 6.30. The number of nitrogens with one attached hydrogen (secondary N) is 1. The van der Waals surface area contributed by atoms with Crippen molar-refractivity contribution in [1.29, 1.82) is 0 Å². The van der Waals surface area contributed by atoms with Crippen molar-refractivity contribution >= 4 is 29.9 Å². The Balaban J connectivity index is 0.00000288. The van der Waals surface area contributed by atoms with Gasteiger partial charge in [0.15, 0.2) is 0 Å². The molecule has 0 saturated heterocycles. The molecule has 0 aliphatic carbocycles. The van der Waals surface area contributed by atoms with Crippen LogP contribution < -0.4 is 11.1 Å². The number of hydrogen-bond donors (Lipinski definition) is 2. The molecule has 3 N–H and O–H groups in total. The third-order valence-corrected chi connectivity index (χ3v) is 3.58. The summed E-state index contributed by atoms with van der Waals surface area (Å²) in [6.45, 7) is 0.938. The maximum Gasteiger partial charge on any atom is 0.246 e. The van der Waals surface area contributed by atoms with Crippen molar-refractivity contribution in [2.75, 3.05) is 6.54 Å². The molecule has 132 valence electrons. The molecular weight excluding hydrogens is 351 g/mol. The van der Waals surface area contributed by atoms with Crippen LogP contribution in [0.5, 0.6) is 0 Å². The number of carbonyl (C=O) groups excluding carboxylic acids is 1. The number of benzene rings is 1. The molecule has 8 heteroatoms. The molecule has 24 heavy (non-hydrogen) atoms. The van der Waals surface area contributed by atoms with Gasteiger partial charge in [-0.05, 0) is 31.5 Å². The highest BCUT2D eigenvalue weighted by Gasteiger charge is 2.10. The molecule has 2 aromatic rings. The van der Waals surface area contributed by atoms with Crippen LogP contribution in [-0.2, 0) is 11.3 Å². The molecule has 0 unspecified atom stereocenters. The van der Waals surface area contributed by atoms with E-state index in [1.165, 1.54) is 0 Å². The van der Waals surface area contributed by atoms with Gasteiger partial charge >= 0.3 is 0 Å². The third kappa shape index (κ3) is 6.86. The number of rotatable bonds is 9. The summed E-state index contributed by atoms with van der Waals surface area (Å²) >= 11 is 5.93. The van der Waals surface area contributed by atoms with Crippen LogP contribution in [-0.4, -0.2) is 22.6 Å². The van der Waals surface area contributed by atoms with Gasteiger partial charge in [-0.2, -0.15) is 4.98 Å². The second kappa shape index (κ2) is 11.0. The average Bonchev–Trinajstić information content (AvgIpc) is 3.02. The summed E-state index contributed by atoms with van der Waals surface area (Å²) in [6.07, 6.45) is 4.46. The van der Waals surface area contributed by atoms with Gasteiger partial charge in [0.05, 0.1) is 6.54 Å². The van der Waals surface area contributed by atoms with Gasteiger partial charge in [-0.3, -0.25) is 4.79 Å². The minimum atomic E-state index is -0.0137. The molecule has 6 nitrogen and oxygen atoms in total. The van der Waals surface area contributed by atoms with E-state index in [0.717, 1.165) is 31.2 Å². The van der Waals surface area contributed by atoms with Crippen molar-refractivity contribution in [2.24, 2.45) is 5.73 Å². The number of aromatic nitrogens is 2. The van der Waals surface area contributed by atoms with Gasteiger partial charge in [-0.25, -0.2) is 0 Å². The maximum absolute atomic E-state index is 11.7. The molecule has 1 aromatic carbocycles. The number of amides is 1. The van der Waals surface area contributed by atoms with Crippen molar-refractivity contribution in [3.8, 4) is 11.4 Å². The van der Waals surface area contributed by atoms with Crippen LogP contribution in [0.25, 0.3) is 11.4 Å². The summed E-state index contributed by atoms with van der Waals surface area (Å²) < 4.78 is 5.13. The third-order valence-electron chi connectivity index (χ3n) is 3.35. The summed E-state index contributed by atoms with van der Waals surface area (Å²) in [5, 5.41) is 7.28. The fraction of sp³-hybridized carbons (Fsp3) is 0.438. The average molecular weight is 373 g/mol. The molecule has 0 fully saturated rings. The molecule has 0 aliphatic rings. The summed E-state index contributed by atoms with van der Waals surface area (Å²) in [6, 6.07) is 7.20. The molecule has 0 bridgehead atoms. The van der Waals surface area contributed by atoms with E-state index < -0.39 is 0 Å². The lowest BCUT2D eigenvalue weighted by Crippen LogP contribution is -2.22. The Kier molecular flexibility index (Phi) is 9.37. The van der Waals surface area contributed by atoms with Gasteiger partial charge in [0, 0.05) is 17.0 Å². The van der Waals surface area contributed by atoms with E-state index in [2.05, 4.69) is 15.5 Å². The number of carbonyl (C=O) groups is 1. The Morgan fingerprint density at radius 3 is 2.79 bits per heavy atom. The molecule has 0 aliphatic heterocycles. The molecular formula is C16H22Cl2N4O2. The second-order valence-corrected chi connectivity index (χ2v) is 5.69. The Hall–Kier alpha value is -1.63. The Bertz CT molecular complexity index is 634. The summed E-state index contributed by atoms with van der Waals surface area (Å²) in [7, 11) is 0. The van der Waals surface area contributed by atoms with Crippen LogP contribution in [0.1, 0.15) is 38.0 Å².